The second-order valence-electron chi connectivity index (χ2n) is 6.22. The van der Waals surface area contributed by atoms with E-state index in [-0.39, 0.29) is 38.9 Å². The molecule has 2 aliphatic rings. The second kappa shape index (κ2) is 5.53. The maximum Gasteiger partial charge on any atom is 0.182 e. The highest BCUT2D eigenvalue weighted by molar-refractivity contribution is 7.90. The van der Waals surface area contributed by atoms with Gasteiger partial charge in [-0.2, -0.15) is 0 Å². The summed E-state index contributed by atoms with van der Waals surface area (Å²) in [5.41, 5.74) is 0.0204. The fraction of sp³-hybridized carbons (Fsp3) is 0.438. The monoisotopic (exact) mass is 354 g/mol. The lowest BCUT2D eigenvalue weighted by molar-refractivity contribution is -0.137. The second-order valence-corrected chi connectivity index (χ2v) is 8.65. The first kappa shape index (κ1) is 16.3. The molecule has 0 aromatic heterocycles. The molecule has 2 unspecified atom stereocenters. The number of sulfone groups is 1. The summed E-state index contributed by atoms with van der Waals surface area (Å²) in [6, 6.07) is 3.72. The molecular formula is C16H15ClO5S. The molecule has 2 atom stereocenters. The van der Waals surface area contributed by atoms with E-state index in [9.17, 15) is 22.8 Å². The third-order valence-corrected chi connectivity index (χ3v) is 6.13. The highest BCUT2D eigenvalue weighted by atomic mass is 35.5. The molecule has 5 nitrogen and oxygen atoms in total. The van der Waals surface area contributed by atoms with Crippen molar-refractivity contribution in [1.82, 2.24) is 0 Å². The molecule has 1 aromatic carbocycles. The number of hydrogen-bond donors (Lipinski definition) is 0. The maximum absolute atomic E-state index is 12.6. The Bertz CT molecular complexity index is 805. The topological polar surface area (TPSA) is 85.3 Å². The third kappa shape index (κ3) is 2.74. The van der Waals surface area contributed by atoms with Crippen LogP contribution in [-0.4, -0.2) is 32.0 Å². The van der Waals surface area contributed by atoms with Crippen molar-refractivity contribution < 1.29 is 22.8 Å². The summed E-state index contributed by atoms with van der Waals surface area (Å²) in [5.74, 6) is -3.00. The van der Waals surface area contributed by atoms with Gasteiger partial charge in [-0.25, -0.2) is 8.42 Å². The molecule has 122 valence electrons. The third-order valence-electron chi connectivity index (χ3n) is 4.70. The quantitative estimate of drug-likeness (QED) is 0.613. The van der Waals surface area contributed by atoms with Gasteiger partial charge in [0.15, 0.2) is 27.2 Å². The van der Waals surface area contributed by atoms with Crippen molar-refractivity contribution in [2.24, 2.45) is 17.8 Å². The molecular weight excluding hydrogens is 340 g/mol. The van der Waals surface area contributed by atoms with E-state index in [4.69, 9.17) is 11.6 Å². The fourth-order valence-electron chi connectivity index (χ4n) is 3.45. The van der Waals surface area contributed by atoms with Crippen LogP contribution in [0.4, 0.5) is 0 Å². The lowest BCUT2D eigenvalue weighted by atomic mass is 9.75. The SMILES string of the molecule is CS(=O)(=O)c1ccc(C(=O)C2C(=O)C3CCC(C3)C2=O)c(Cl)c1. The Kier molecular flexibility index (Phi) is 3.92. The number of Topliss-reactive ketones (excluding diaryl/α,β-unsaturated/α-hetero) is 3. The van der Waals surface area contributed by atoms with E-state index in [1.165, 1.54) is 18.2 Å². The van der Waals surface area contributed by atoms with Crippen molar-refractivity contribution in [1.29, 1.82) is 0 Å². The summed E-state index contributed by atoms with van der Waals surface area (Å²) in [4.78, 5) is 37.4. The van der Waals surface area contributed by atoms with Crippen LogP contribution in [-0.2, 0) is 19.4 Å². The van der Waals surface area contributed by atoms with Gasteiger partial charge in [0.05, 0.1) is 9.92 Å². The molecule has 0 spiro atoms. The van der Waals surface area contributed by atoms with E-state index in [0.29, 0.717) is 19.3 Å². The van der Waals surface area contributed by atoms with E-state index in [1.54, 1.807) is 0 Å². The van der Waals surface area contributed by atoms with Crippen LogP contribution in [0.5, 0.6) is 0 Å². The summed E-state index contributed by atoms with van der Waals surface area (Å²) in [6.07, 6.45) is 2.88. The molecule has 0 N–H and O–H groups in total. The molecule has 0 radical (unpaired) electrons. The van der Waals surface area contributed by atoms with Crippen molar-refractivity contribution in [3.63, 3.8) is 0 Å². The van der Waals surface area contributed by atoms with Crippen molar-refractivity contribution in [3.05, 3.63) is 28.8 Å². The molecule has 0 aliphatic heterocycles. The molecule has 2 aliphatic carbocycles. The summed E-state index contributed by atoms with van der Waals surface area (Å²) in [7, 11) is -3.45. The van der Waals surface area contributed by atoms with Gasteiger partial charge in [0, 0.05) is 23.7 Å². The Morgan fingerprint density at radius 3 is 2.17 bits per heavy atom. The molecule has 23 heavy (non-hydrogen) atoms. The number of rotatable bonds is 3. The van der Waals surface area contributed by atoms with E-state index in [0.717, 1.165) is 6.26 Å². The first-order valence-electron chi connectivity index (χ1n) is 7.31. The van der Waals surface area contributed by atoms with Gasteiger partial charge in [0.25, 0.3) is 0 Å². The Labute approximate surface area is 138 Å². The average Bonchev–Trinajstić information content (AvgIpc) is 2.91. The van der Waals surface area contributed by atoms with Crippen LogP contribution in [0.25, 0.3) is 0 Å². The van der Waals surface area contributed by atoms with E-state index >= 15 is 0 Å². The van der Waals surface area contributed by atoms with Crippen LogP contribution in [0.15, 0.2) is 23.1 Å². The number of ketones is 3. The van der Waals surface area contributed by atoms with Crippen LogP contribution in [0, 0.1) is 17.8 Å². The van der Waals surface area contributed by atoms with Gasteiger partial charge in [0.1, 0.15) is 5.92 Å². The summed E-state index contributed by atoms with van der Waals surface area (Å²) < 4.78 is 23.0. The first-order valence-corrected chi connectivity index (χ1v) is 9.58. The Morgan fingerprint density at radius 2 is 1.70 bits per heavy atom. The molecule has 0 saturated heterocycles. The minimum absolute atomic E-state index is 0.0135. The first-order chi connectivity index (χ1) is 10.7. The Balaban J connectivity index is 1.97. The van der Waals surface area contributed by atoms with Crippen LogP contribution in [0.2, 0.25) is 5.02 Å². The Morgan fingerprint density at radius 1 is 1.13 bits per heavy atom. The molecule has 0 heterocycles. The molecule has 2 bridgehead atoms. The van der Waals surface area contributed by atoms with Gasteiger partial charge in [-0.15, -0.1) is 0 Å². The number of halogens is 1. The number of benzene rings is 1. The van der Waals surface area contributed by atoms with Crippen LogP contribution < -0.4 is 0 Å². The maximum atomic E-state index is 12.6. The zero-order valence-corrected chi connectivity index (χ0v) is 14.0. The molecule has 0 amide bonds. The number of carbonyl (C=O) groups is 3. The van der Waals surface area contributed by atoms with Crippen molar-refractivity contribution in [2.75, 3.05) is 6.26 Å². The van der Waals surface area contributed by atoms with Gasteiger partial charge >= 0.3 is 0 Å². The van der Waals surface area contributed by atoms with Crippen molar-refractivity contribution >= 4 is 38.8 Å². The van der Waals surface area contributed by atoms with Crippen molar-refractivity contribution in [2.45, 2.75) is 24.2 Å². The van der Waals surface area contributed by atoms with E-state index < -0.39 is 21.5 Å². The highest BCUT2D eigenvalue weighted by Crippen LogP contribution is 2.41. The van der Waals surface area contributed by atoms with Gasteiger partial charge in [-0.3, -0.25) is 14.4 Å². The van der Waals surface area contributed by atoms with E-state index in [2.05, 4.69) is 0 Å². The average molecular weight is 355 g/mol. The highest BCUT2D eigenvalue weighted by Gasteiger charge is 2.50. The van der Waals surface area contributed by atoms with Crippen LogP contribution in [0.3, 0.4) is 0 Å². The molecule has 2 saturated carbocycles. The predicted octanol–water partition coefficient (Wildman–Crippen LogP) is 2.11. The van der Waals surface area contributed by atoms with E-state index in [1.807, 2.05) is 0 Å². The molecule has 2 fully saturated rings. The predicted molar refractivity (Wildman–Crippen MR) is 83.2 cm³/mol. The van der Waals surface area contributed by atoms with Gasteiger partial charge in [-0.1, -0.05) is 11.6 Å². The summed E-state index contributed by atoms with van der Waals surface area (Å²) in [6.45, 7) is 0. The zero-order valence-electron chi connectivity index (χ0n) is 12.4. The number of carbonyl (C=O) groups excluding carboxylic acids is 3. The molecule has 7 heteroatoms. The minimum Gasteiger partial charge on any atom is -0.298 e. The zero-order chi connectivity index (χ0) is 16.9. The van der Waals surface area contributed by atoms with Crippen LogP contribution in [0.1, 0.15) is 29.6 Å². The largest absolute Gasteiger partial charge is 0.298 e. The van der Waals surface area contributed by atoms with Gasteiger partial charge < -0.3 is 0 Å². The lowest BCUT2D eigenvalue weighted by Gasteiger charge is -2.24. The number of hydrogen-bond acceptors (Lipinski definition) is 5. The van der Waals surface area contributed by atoms with Crippen LogP contribution >= 0.6 is 11.6 Å². The van der Waals surface area contributed by atoms with Gasteiger partial charge in [0.2, 0.25) is 0 Å². The van der Waals surface area contributed by atoms with Crippen molar-refractivity contribution in [3.8, 4) is 0 Å². The summed E-state index contributed by atoms with van der Waals surface area (Å²) >= 11 is 6.03. The normalized spacial score (nSPS) is 27.3. The molecule has 3 rings (SSSR count). The number of fused-ring (bicyclic) bond motifs is 2. The fourth-order valence-corrected chi connectivity index (χ4v) is 4.44. The molecule has 1 aromatic rings. The smallest absolute Gasteiger partial charge is 0.182 e. The van der Waals surface area contributed by atoms with Gasteiger partial charge in [-0.05, 0) is 37.5 Å². The standard InChI is InChI=1S/C16H15ClO5S/c1-23(21,22)10-4-5-11(12(17)7-10)16(20)13-14(18)8-2-3-9(6-8)15(13)19/h4-5,7-9,13H,2-3,6H2,1H3. The Hall–Kier alpha value is -1.53. The minimum atomic E-state index is -3.45. The summed E-state index contributed by atoms with van der Waals surface area (Å²) in [5, 5.41) is -0.0588. The lowest BCUT2D eigenvalue weighted by Crippen LogP contribution is -2.41.